The van der Waals surface area contributed by atoms with Crippen molar-refractivity contribution in [2.75, 3.05) is 12.8 Å². The summed E-state index contributed by atoms with van der Waals surface area (Å²) in [5, 5.41) is 0.754. The van der Waals surface area contributed by atoms with E-state index in [1.54, 1.807) is 18.9 Å². The summed E-state index contributed by atoms with van der Waals surface area (Å²) < 4.78 is 5.32. The molecule has 18 heavy (non-hydrogen) atoms. The summed E-state index contributed by atoms with van der Waals surface area (Å²) in [4.78, 5) is 1.14. The molecule has 0 amide bonds. The van der Waals surface area contributed by atoms with Crippen molar-refractivity contribution in [3.63, 3.8) is 0 Å². The van der Waals surface area contributed by atoms with Crippen LogP contribution in [0.4, 0.5) is 5.69 Å². The quantitative estimate of drug-likeness (QED) is 0.672. The predicted molar refractivity (Wildman–Crippen MR) is 78.4 cm³/mol. The second-order valence-corrected chi connectivity index (χ2v) is 5.30. The minimum atomic E-state index is 0.711. The summed E-state index contributed by atoms with van der Waals surface area (Å²) in [6, 6.07) is 13.5. The van der Waals surface area contributed by atoms with Crippen LogP contribution in [-0.4, -0.2) is 7.11 Å². The zero-order chi connectivity index (χ0) is 13.0. The monoisotopic (exact) mass is 279 g/mol. The molecule has 0 unspecified atom stereocenters. The highest BCUT2D eigenvalue weighted by molar-refractivity contribution is 7.98. The third kappa shape index (κ3) is 3.34. The Balaban J connectivity index is 2.10. The van der Waals surface area contributed by atoms with Crippen LogP contribution in [0.3, 0.4) is 0 Å². The highest BCUT2D eigenvalue weighted by Crippen LogP contribution is 2.30. The molecule has 0 atom stereocenters. The van der Waals surface area contributed by atoms with E-state index >= 15 is 0 Å². The molecule has 2 aromatic rings. The number of hydrogen-bond donors (Lipinski definition) is 1. The Morgan fingerprint density at radius 3 is 2.78 bits per heavy atom. The van der Waals surface area contributed by atoms with Crippen LogP contribution in [0.25, 0.3) is 0 Å². The molecule has 94 valence electrons. The van der Waals surface area contributed by atoms with Gasteiger partial charge in [-0.3, -0.25) is 0 Å². The lowest BCUT2D eigenvalue weighted by atomic mass is 10.2. The van der Waals surface area contributed by atoms with Crippen LogP contribution < -0.4 is 10.5 Å². The lowest BCUT2D eigenvalue weighted by Gasteiger charge is -2.09. The molecule has 2 N–H and O–H groups in total. The third-order valence-corrected chi connectivity index (χ3v) is 3.78. The molecule has 0 aliphatic rings. The third-order valence-electron chi connectivity index (χ3n) is 2.50. The summed E-state index contributed by atoms with van der Waals surface area (Å²) in [6.07, 6.45) is 0. The fraction of sp³-hybridized carbons (Fsp3) is 0.143. The minimum Gasteiger partial charge on any atom is -0.496 e. The molecule has 0 aliphatic carbocycles. The smallest absolute Gasteiger partial charge is 0.124 e. The van der Waals surface area contributed by atoms with Crippen molar-refractivity contribution in [1.82, 2.24) is 0 Å². The van der Waals surface area contributed by atoms with Gasteiger partial charge >= 0.3 is 0 Å². The average Bonchev–Trinajstić information content (AvgIpc) is 2.37. The van der Waals surface area contributed by atoms with Crippen molar-refractivity contribution in [2.24, 2.45) is 0 Å². The van der Waals surface area contributed by atoms with Crippen LogP contribution in [0.15, 0.2) is 47.4 Å². The first-order chi connectivity index (χ1) is 8.69. The van der Waals surface area contributed by atoms with Crippen molar-refractivity contribution in [2.45, 2.75) is 10.6 Å². The van der Waals surface area contributed by atoms with Crippen LogP contribution in [0, 0.1) is 0 Å². The SMILES string of the molecule is COc1cc(N)ccc1CSc1cccc(Cl)c1. The van der Waals surface area contributed by atoms with Gasteiger partial charge in [0.05, 0.1) is 7.11 Å². The molecule has 2 rings (SSSR count). The molecule has 0 spiro atoms. The first-order valence-electron chi connectivity index (χ1n) is 5.50. The van der Waals surface area contributed by atoms with Gasteiger partial charge in [0, 0.05) is 33.0 Å². The number of ether oxygens (including phenoxy) is 1. The fourth-order valence-electron chi connectivity index (χ4n) is 1.60. The van der Waals surface area contributed by atoms with E-state index < -0.39 is 0 Å². The van der Waals surface area contributed by atoms with Gasteiger partial charge in [-0.25, -0.2) is 0 Å². The van der Waals surface area contributed by atoms with Gasteiger partial charge in [-0.2, -0.15) is 0 Å². The lowest BCUT2D eigenvalue weighted by Crippen LogP contribution is -1.93. The number of methoxy groups -OCH3 is 1. The van der Waals surface area contributed by atoms with Crippen molar-refractivity contribution >= 4 is 29.1 Å². The van der Waals surface area contributed by atoms with Gasteiger partial charge in [0.15, 0.2) is 0 Å². The summed E-state index contributed by atoms with van der Waals surface area (Å²) in [6.45, 7) is 0. The molecule has 2 aromatic carbocycles. The van der Waals surface area contributed by atoms with Gasteiger partial charge in [-0.1, -0.05) is 23.7 Å². The standard InChI is InChI=1S/C14H14ClNOS/c1-17-14-8-12(16)6-5-10(14)9-18-13-4-2-3-11(15)7-13/h2-8H,9,16H2,1H3. The average molecular weight is 280 g/mol. The van der Waals surface area contributed by atoms with E-state index in [4.69, 9.17) is 22.1 Å². The zero-order valence-electron chi connectivity index (χ0n) is 10.0. The minimum absolute atomic E-state index is 0.711. The molecule has 0 heterocycles. The lowest BCUT2D eigenvalue weighted by molar-refractivity contribution is 0.411. The van der Waals surface area contributed by atoms with Crippen molar-refractivity contribution in [3.05, 3.63) is 53.1 Å². The highest BCUT2D eigenvalue weighted by atomic mass is 35.5. The van der Waals surface area contributed by atoms with Crippen molar-refractivity contribution in [1.29, 1.82) is 0 Å². The van der Waals surface area contributed by atoms with Crippen LogP contribution in [0.2, 0.25) is 5.02 Å². The molecular formula is C14H14ClNOS. The molecule has 0 aromatic heterocycles. The Hall–Kier alpha value is -1.32. The molecule has 2 nitrogen and oxygen atoms in total. The summed E-state index contributed by atoms with van der Waals surface area (Å²) in [7, 11) is 1.66. The first kappa shape index (κ1) is 13.1. The van der Waals surface area contributed by atoms with Gasteiger partial charge < -0.3 is 10.5 Å². The van der Waals surface area contributed by atoms with Crippen LogP contribution in [0.1, 0.15) is 5.56 Å². The number of anilines is 1. The first-order valence-corrected chi connectivity index (χ1v) is 6.86. The summed E-state index contributed by atoms with van der Waals surface area (Å²) in [5.74, 6) is 1.65. The molecule has 0 radical (unpaired) electrons. The van der Waals surface area contributed by atoms with E-state index in [0.717, 1.165) is 27.0 Å². The van der Waals surface area contributed by atoms with E-state index in [-0.39, 0.29) is 0 Å². The van der Waals surface area contributed by atoms with E-state index in [1.807, 2.05) is 42.5 Å². The molecular weight excluding hydrogens is 266 g/mol. The van der Waals surface area contributed by atoms with E-state index in [0.29, 0.717) is 5.69 Å². The number of benzene rings is 2. The van der Waals surface area contributed by atoms with Gasteiger partial charge in [0.1, 0.15) is 5.75 Å². The number of nitrogens with two attached hydrogens (primary N) is 1. The largest absolute Gasteiger partial charge is 0.496 e. The van der Waals surface area contributed by atoms with E-state index in [2.05, 4.69) is 0 Å². The maximum atomic E-state index is 5.95. The van der Waals surface area contributed by atoms with Crippen molar-refractivity contribution in [3.8, 4) is 5.75 Å². The van der Waals surface area contributed by atoms with Gasteiger partial charge in [-0.15, -0.1) is 11.8 Å². The van der Waals surface area contributed by atoms with E-state index in [9.17, 15) is 0 Å². The number of thioether (sulfide) groups is 1. The number of halogens is 1. The van der Waals surface area contributed by atoms with E-state index in [1.165, 1.54) is 0 Å². The number of rotatable bonds is 4. The summed E-state index contributed by atoms with van der Waals surface area (Å²) >= 11 is 7.67. The van der Waals surface area contributed by atoms with Crippen LogP contribution in [-0.2, 0) is 5.75 Å². The Labute approximate surface area is 116 Å². The Morgan fingerprint density at radius 2 is 2.06 bits per heavy atom. The molecule has 0 aliphatic heterocycles. The van der Waals surface area contributed by atoms with Crippen molar-refractivity contribution < 1.29 is 4.74 Å². The second kappa shape index (κ2) is 6.03. The Morgan fingerprint density at radius 1 is 1.22 bits per heavy atom. The summed E-state index contributed by atoms with van der Waals surface area (Å²) in [5.41, 5.74) is 7.56. The van der Waals surface area contributed by atoms with Gasteiger partial charge in [0.25, 0.3) is 0 Å². The Kier molecular flexibility index (Phi) is 4.39. The van der Waals surface area contributed by atoms with Crippen LogP contribution in [0.5, 0.6) is 5.75 Å². The maximum absolute atomic E-state index is 5.95. The normalized spacial score (nSPS) is 10.3. The van der Waals surface area contributed by atoms with Gasteiger partial charge in [0.2, 0.25) is 0 Å². The maximum Gasteiger partial charge on any atom is 0.124 e. The number of nitrogen functional groups attached to an aromatic ring is 1. The highest BCUT2D eigenvalue weighted by Gasteiger charge is 2.04. The molecule has 4 heteroatoms. The van der Waals surface area contributed by atoms with Gasteiger partial charge in [-0.05, 0) is 24.3 Å². The Bertz CT molecular complexity index is 545. The fourth-order valence-corrected chi connectivity index (χ4v) is 2.80. The zero-order valence-corrected chi connectivity index (χ0v) is 11.6. The second-order valence-electron chi connectivity index (χ2n) is 3.82. The predicted octanol–water partition coefficient (Wildman–Crippen LogP) is 4.22. The molecule has 0 bridgehead atoms. The number of hydrogen-bond acceptors (Lipinski definition) is 3. The molecule has 0 fully saturated rings. The molecule has 0 saturated carbocycles. The topological polar surface area (TPSA) is 35.2 Å². The van der Waals surface area contributed by atoms with Crippen LogP contribution >= 0.6 is 23.4 Å². The molecule has 0 saturated heterocycles.